The van der Waals surface area contributed by atoms with E-state index >= 15 is 0 Å². The van der Waals surface area contributed by atoms with Crippen molar-refractivity contribution in [2.45, 2.75) is 20.1 Å². The quantitative estimate of drug-likeness (QED) is 0.680. The third kappa shape index (κ3) is 5.37. The molecule has 0 bridgehead atoms. The number of rotatable bonds is 9. The Morgan fingerprint density at radius 1 is 1.12 bits per heavy atom. The van der Waals surface area contributed by atoms with Crippen LogP contribution in [-0.4, -0.2) is 24.9 Å². The van der Waals surface area contributed by atoms with Gasteiger partial charge in [-0.1, -0.05) is 23.7 Å². The van der Waals surface area contributed by atoms with E-state index in [9.17, 15) is 4.39 Å². The van der Waals surface area contributed by atoms with Gasteiger partial charge in [-0.25, -0.2) is 4.39 Å². The second kappa shape index (κ2) is 9.47. The second-order valence-electron chi connectivity index (χ2n) is 5.26. The van der Waals surface area contributed by atoms with Gasteiger partial charge in [0.2, 0.25) is 0 Å². The largest absolute Gasteiger partial charge is 0.490 e. The summed E-state index contributed by atoms with van der Waals surface area (Å²) >= 11 is 6.35. The van der Waals surface area contributed by atoms with Crippen LogP contribution in [0.3, 0.4) is 0 Å². The van der Waals surface area contributed by atoms with E-state index in [-0.39, 0.29) is 19.0 Å². The number of benzene rings is 2. The maximum atomic E-state index is 12.9. The number of hydrogen-bond acceptors (Lipinski definition) is 3. The average Bonchev–Trinajstić information content (AvgIpc) is 2.56. The van der Waals surface area contributed by atoms with Crippen molar-refractivity contribution >= 4 is 11.6 Å². The van der Waals surface area contributed by atoms with E-state index in [4.69, 9.17) is 26.2 Å². The van der Waals surface area contributed by atoms with Crippen LogP contribution in [0.15, 0.2) is 36.4 Å². The molecule has 0 aliphatic carbocycles. The molecule has 0 heterocycles. The monoisotopic (exact) mass is 354 g/mol. The standard InChI is InChI=1S/C18H21ClFNO3/c1-2-23-17-10-14(11-21-7-8-22)9-16(19)18(17)24-12-13-3-5-15(20)6-4-13/h3-6,9-10,21-22H,2,7-8,11-12H2,1H3/p+1. The summed E-state index contributed by atoms with van der Waals surface area (Å²) in [5, 5.41) is 11.3. The highest BCUT2D eigenvalue weighted by molar-refractivity contribution is 6.32. The van der Waals surface area contributed by atoms with Gasteiger partial charge in [-0.05, 0) is 36.8 Å². The second-order valence-corrected chi connectivity index (χ2v) is 5.67. The lowest BCUT2D eigenvalue weighted by Crippen LogP contribution is -2.83. The smallest absolute Gasteiger partial charge is 0.180 e. The van der Waals surface area contributed by atoms with E-state index in [0.29, 0.717) is 36.2 Å². The molecular formula is C18H22ClFNO3+. The fraction of sp³-hybridized carbons (Fsp3) is 0.333. The van der Waals surface area contributed by atoms with E-state index in [2.05, 4.69) is 0 Å². The van der Waals surface area contributed by atoms with Crippen LogP contribution in [-0.2, 0) is 13.2 Å². The first-order valence-corrected chi connectivity index (χ1v) is 8.26. The minimum atomic E-state index is -0.282. The first kappa shape index (κ1) is 18.5. The lowest BCUT2D eigenvalue weighted by Gasteiger charge is -2.15. The highest BCUT2D eigenvalue weighted by Gasteiger charge is 2.13. The van der Waals surface area contributed by atoms with E-state index in [1.807, 2.05) is 24.4 Å². The van der Waals surface area contributed by atoms with Crippen LogP contribution in [0.1, 0.15) is 18.1 Å². The van der Waals surface area contributed by atoms with Gasteiger partial charge in [-0.15, -0.1) is 0 Å². The van der Waals surface area contributed by atoms with Gasteiger partial charge >= 0.3 is 0 Å². The summed E-state index contributed by atoms with van der Waals surface area (Å²) in [5.41, 5.74) is 1.83. The first-order chi connectivity index (χ1) is 11.6. The summed E-state index contributed by atoms with van der Waals surface area (Å²) in [6.45, 7) is 4.11. The number of hydrogen-bond donors (Lipinski definition) is 2. The fourth-order valence-corrected chi connectivity index (χ4v) is 2.53. The molecule has 0 spiro atoms. The molecule has 0 fully saturated rings. The van der Waals surface area contributed by atoms with Crippen molar-refractivity contribution in [3.05, 3.63) is 58.4 Å². The summed E-state index contributed by atoms with van der Waals surface area (Å²) in [4.78, 5) is 0. The highest BCUT2D eigenvalue weighted by atomic mass is 35.5. The molecule has 3 N–H and O–H groups in total. The Labute approximate surface area is 146 Å². The zero-order chi connectivity index (χ0) is 17.4. The van der Waals surface area contributed by atoms with Gasteiger partial charge in [-0.3, -0.25) is 0 Å². The van der Waals surface area contributed by atoms with Crippen LogP contribution in [0.4, 0.5) is 4.39 Å². The summed E-state index contributed by atoms with van der Waals surface area (Å²) in [6, 6.07) is 9.85. The molecule has 0 saturated heterocycles. The highest BCUT2D eigenvalue weighted by Crippen LogP contribution is 2.37. The van der Waals surface area contributed by atoms with Crippen LogP contribution < -0.4 is 14.8 Å². The van der Waals surface area contributed by atoms with Gasteiger partial charge in [0.1, 0.15) is 19.0 Å². The first-order valence-electron chi connectivity index (χ1n) is 7.89. The van der Waals surface area contributed by atoms with Crippen LogP contribution in [0, 0.1) is 5.82 Å². The summed E-state index contributed by atoms with van der Waals surface area (Å²) in [6.07, 6.45) is 0. The van der Waals surface area contributed by atoms with Crippen molar-refractivity contribution in [1.29, 1.82) is 0 Å². The Hall–Kier alpha value is -1.82. The van der Waals surface area contributed by atoms with Crippen LogP contribution >= 0.6 is 11.6 Å². The molecule has 24 heavy (non-hydrogen) atoms. The number of ether oxygens (including phenoxy) is 2. The summed E-state index contributed by atoms with van der Waals surface area (Å²) < 4.78 is 24.4. The van der Waals surface area contributed by atoms with Gasteiger partial charge in [-0.2, -0.15) is 0 Å². The molecule has 0 saturated carbocycles. The van der Waals surface area contributed by atoms with Gasteiger partial charge < -0.3 is 19.9 Å². The molecule has 0 amide bonds. The fourth-order valence-electron chi connectivity index (χ4n) is 2.24. The minimum Gasteiger partial charge on any atom is -0.490 e. The Bertz CT molecular complexity index is 649. The van der Waals surface area contributed by atoms with Crippen molar-refractivity contribution in [3.63, 3.8) is 0 Å². The van der Waals surface area contributed by atoms with Crippen LogP contribution in [0.25, 0.3) is 0 Å². The lowest BCUT2D eigenvalue weighted by molar-refractivity contribution is -0.671. The molecule has 0 aliphatic heterocycles. The maximum absolute atomic E-state index is 12.9. The molecule has 4 nitrogen and oxygen atoms in total. The molecule has 0 aromatic heterocycles. The number of halogens is 2. The zero-order valence-electron chi connectivity index (χ0n) is 13.6. The predicted octanol–water partition coefficient (Wildman–Crippen LogP) is 2.51. The molecule has 0 radical (unpaired) electrons. The number of aliphatic hydroxyl groups excluding tert-OH is 1. The lowest BCUT2D eigenvalue weighted by atomic mass is 10.2. The molecule has 0 aliphatic rings. The topological polar surface area (TPSA) is 55.3 Å². The third-order valence-electron chi connectivity index (χ3n) is 3.38. The number of aliphatic hydroxyl groups is 1. The molecule has 6 heteroatoms. The van der Waals surface area contributed by atoms with Crippen molar-refractivity contribution in [3.8, 4) is 11.5 Å². The van der Waals surface area contributed by atoms with Crippen molar-refractivity contribution in [2.24, 2.45) is 0 Å². The minimum absolute atomic E-state index is 0.130. The van der Waals surface area contributed by atoms with Crippen molar-refractivity contribution in [2.75, 3.05) is 19.8 Å². The molecule has 2 aromatic rings. The van der Waals surface area contributed by atoms with E-state index in [1.54, 1.807) is 12.1 Å². The van der Waals surface area contributed by atoms with Crippen LogP contribution in [0.2, 0.25) is 5.02 Å². The Morgan fingerprint density at radius 3 is 2.54 bits per heavy atom. The average molecular weight is 355 g/mol. The number of nitrogens with two attached hydrogens (primary N) is 1. The van der Waals surface area contributed by atoms with E-state index in [0.717, 1.165) is 11.1 Å². The van der Waals surface area contributed by atoms with Gasteiger partial charge in [0.15, 0.2) is 11.5 Å². The molecule has 130 valence electrons. The van der Waals surface area contributed by atoms with E-state index < -0.39 is 0 Å². The molecule has 2 aromatic carbocycles. The SMILES string of the molecule is CCOc1cc(C[NH2+]CCO)cc(Cl)c1OCc1ccc(F)cc1. The predicted molar refractivity (Wildman–Crippen MR) is 90.9 cm³/mol. The van der Waals surface area contributed by atoms with Crippen molar-refractivity contribution < 1.29 is 24.3 Å². The van der Waals surface area contributed by atoms with Crippen LogP contribution in [0.5, 0.6) is 11.5 Å². The molecule has 0 unspecified atom stereocenters. The molecule has 0 atom stereocenters. The molecular weight excluding hydrogens is 333 g/mol. The van der Waals surface area contributed by atoms with Crippen molar-refractivity contribution in [1.82, 2.24) is 0 Å². The Morgan fingerprint density at radius 2 is 1.88 bits per heavy atom. The third-order valence-corrected chi connectivity index (χ3v) is 3.66. The Kier molecular flexibility index (Phi) is 7.31. The summed E-state index contributed by atoms with van der Waals surface area (Å²) in [7, 11) is 0. The maximum Gasteiger partial charge on any atom is 0.180 e. The Balaban J connectivity index is 2.13. The molecule has 2 rings (SSSR count). The van der Waals surface area contributed by atoms with Gasteiger partial charge in [0.25, 0.3) is 0 Å². The van der Waals surface area contributed by atoms with Gasteiger partial charge in [0, 0.05) is 5.56 Å². The normalized spacial score (nSPS) is 10.7. The van der Waals surface area contributed by atoms with Gasteiger partial charge in [0.05, 0.1) is 24.8 Å². The summed E-state index contributed by atoms with van der Waals surface area (Å²) in [5.74, 6) is 0.781. The zero-order valence-corrected chi connectivity index (χ0v) is 14.4. The number of quaternary nitrogens is 1. The van der Waals surface area contributed by atoms with E-state index in [1.165, 1.54) is 12.1 Å².